The number of rotatable bonds is 7. The van der Waals surface area contributed by atoms with E-state index in [1.807, 2.05) is 37.3 Å². The number of amides is 1. The third-order valence-corrected chi connectivity index (χ3v) is 4.54. The van der Waals surface area contributed by atoms with E-state index in [-0.39, 0.29) is 27.9 Å². The molecule has 2 rings (SSSR count). The maximum atomic E-state index is 12.4. The van der Waals surface area contributed by atoms with Gasteiger partial charge in [0.05, 0.1) is 5.75 Å². The molecule has 0 aliphatic heterocycles. The summed E-state index contributed by atoms with van der Waals surface area (Å²) in [6.07, 6.45) is 0. The number of nitrogens with zero attached hydrogens (tertiary/aromatic N) is 2. The summed E-state index contributed by atoms with van der Waals surface area (Å²) in [6.45, 7) is 4.38. The third-order valence-electron chi connectivity index (χ3n) is 3.58. The van der Waals surface area contributed by atoms with Gasteiger partial charge in [0, 0.05) is 18.8 Å². The van der Waals surface area contributed by atoms with Gasteiger partial charge >= 0.3 is 11.7 Å². The maximum absolute atomic E-state index is 12.4. The highest BCUT2D eigenvalue weighted by molar-refractivity contribution is 8.00. The quantitative estimate of drug-likeness (QED) is 0.577. The van der Waals surface area contributed by atoms with Crippen LogP contribution in [0.4, 0.5) is 0 Å². The van der Waals surface area contributed by atoms with Gasteiger partial charge in [0.25, 0.3) is 0 Å². The van der Waals surface area contributed by atoms with Crippen LogP contribution in [0.2, 0.25) is 0 Å². The smallest absolute Gasteiger partial charge is 0.346 e. The minimum Gasteiger partial charge on any atom is -0.478 e. The lowest BCUT2D eigenvalue weighted by Gasteiger charge is -2.21. The summed E-state index contributed by atoms with van der Waals surface area (Å²) in [4.78, 5) is 43.0. The number of H-pyrrole nitrogens is 1. The lowest BCUT2D eigenvalue weighted by Crippen LogP contribution is -2.32. The number of aromatic nitrogens is 2. The van der Waals surface area contributed by atoms with E-state index in [0.29, 0.717) is 13.1 Å². The number of carboxylic acid groups (broad SMARTS) is 1. The van der Waals surface area contributed by atoms with Gasteiger partial charge in [-0.2, -0.15) is 4.98 Å². The van der Waals surface area contributed by atoms with Gasteiger partial charge in [0.15, 0.2) is 0 Å². The number of carbonyl (C=O) groups is 2. The molecular weight excluding hydrogens is 342 g/mol. The van der Waals surface area contributed by atoms with Crippen LogP contribution < -0.4 is 5.69 Å². The molecule has 0 spiro atoms. The van der Waals surface area contributed by atoms with Gasteiger partial charge in [0.2, 0.25) is 5.91 Å². The van der Waals surface area contributed by atoms with E-state index in [1.54, 1.807) is 4.90 Å². The summed E-state index contributed by atoms with van der Waals surface area (Å²) >= 11 is 0.963. The highest BCUT2D eigenvalue weighted by atomic mass is 32.2. The lowest BCUT2D eigenvalue weighted by atomic mass is 10.2. The number of thioether (sulfide) groups is 1. The van der Waals surface area contributed by atoms with Crippen LogP contribution in [0.5, 0.6) is 0 Å². The van der Waals surface area contributed by atoms with Crippen LogP contribution >= 0.6 is 11.8 Å². The van der Waals surface area contributed by atoms with Crippen LogP contribution in [0, 0.1) is 6.92 Å². The molecule has 1 heterocycles. The Balaban J connectivity index is 2.11. The van der Waals surface area contributed by atoms with Crippen molar-refractivity contribution >= 4 is 23.6 Å². The first-order valence-corrected chi connectivity index (χ1v) is 8.69. The fraction of sp³-hybridized carbons (Fsp3) is 0.294. The summed E-state index contributed by atoms with van der Waals surface area (Å²) in [5.74, 6) is -1.32. The van der Waals surface area contributed by atoms with Gasteiger partial charge in [-0.15, -0.1) is 0 Å². The van der Waals surface area contributed by atoms with E-state index in [0.717, 1.165) is 17.3 Å². The van der Waals surface area contributed by atoms with Crippen molar-refractivity contribution in [2.75, 3.05) is 12.3 Å². The maximum Gasteiger partial charge on any atom is 0.346 e. The summed E-state index contributed by atoms with van der Waals surface area (Å²) in [5, 5.41) is 9.34. The zero-order valence-electron chi connectivity index (χ0n) is 14.0. The first-order valence-electron chi connectivity index (χ1n) is 7.71. The van der Waals surface area contributed by atoms with E-state index in [2.05, 4.69) is 9.97 Å². The van der Waals surface area contributed by atoms with Gasteiger partial charge in [0.1, 0.15) is 10.6 Å². The van der Waals surface area contributed by atoms with Crippen LogP contribution in [0.25, 0.3) is 0 Å². The fourth-order valence-electron chi connectivity index (χ4n) is 2.32. The van der Waals surface area contributed by atoms with E-state index >= 15 is 0 Å². The van der Waals surface area contributed by atoms with Crippen LogP contribution in [0.1, 0.15) is 28.5 Å². The van der Waals surface area contributed by atoms with Gasteiger partial charge in [-0.1, -0.05) is 42.1 Å². The molecule has 0 bridgehead atoms. The normalized spacial score (nSPS) is 10.5. The van der Waals surface area contributed by atoms with Crippen molar-refractivity contribution < 1.29 is 14.7 Å². The SMILES string of the molecule is CCN(Cc1ccccc1)C(=O)CSc1nc(=O)[nH]c(C)c1C(=O)O. The molecule has 0 aliphatic rings. The summed E-state index contributed by atoms with van der Waals surface area (Å²) in [7, 11) is 0. The van der Waals surface area contributed by atoms with Crippen molar-refractivity contribution in [2.24, 2.45) is 0 Å². The van der Waals surface area contributed by atoms with Crippen molar-refractivity contribution in [1.82, 2.24) is 14.9 Å². The fourth-order valence-corrected chi connectivity index (χ4v) is 3.29. The van der Waals surface area contributed by atoms with Crippen LogP contribution in [-0.2, 0) is 11.3 Å². The first-order chi connectivity index (χ1) is 11.9. The predicted molar refractivity (Wildman–Crippen MR) is 94.8 cm³/mol. The van der Waals surface area contributed by atoms with Gasteiger partial charge in [-0.3, -0.25) is 4.79 Å². The minimum absolute atomic E-state index is 0.0108. The third kappa shape index (κ3) is 4.93. The molecule has 0 aliphatic carbocycles. The molecule has 1 aromatic heterocycles. The van der Waals surface area contributed by atoms with Crippen LogP contribution in [-0.4, -0.2) is 44.1 Å². The first kappa shape index (κ1) is 18.7. The Hall–Kier alpha value is -2.61. The molecule has 0 saturated heterocycles. The van der Waals surface area contributed by atoms with E-state index in [9.17, 15) is 19.5 Å². The van der Waals surface area contributed by atoms with Crippen molar-refractivity contribution in [3.63, 3.8) is 0 Å². The number of carbonyl (C=O) groups excluding carboxylic acids is 1. The Morgan fingerprint density at radius 3 is 2.56 bits per heavy atom. The standard InChI is InChI=1S/C17H19N3O4S/c1-3-20(9-12-7-5-4-6-8-12)13(21)10-25-15-14(16(22)23)11(2)18-17(24)19-15/h4-8H,3,9-10H2,1-2H3,(H,22,23)(H,18,19,24). The van der Waals surface area contributed by atoms with Gasteiger partial charge in [-0.25, -0.2) is 9.59 Å². The molecule has 0 fully saturated rings. The molecule has 132 valence electrons. The van der Waals surface area contributed by atoms with E-state index < -0.39 is 11.7 Å². The molecule has 2 N–H and O–H groups in total. The second-order valence-electron chi connectivity index (χ2n) is 5.33. The summed E-state index contributed by atoms with van der Waals surface area (Å²) in [6, 6.07) is 9.60. The number of nitrogens with one attached hydrogen (secondary N) is 1. The zero-order chi connectivity index (χ0) is 18.4. The Morgan fingerprint density at radius 1 is 1.28 bits per heavy atom. The van der Waals surface area contributed by atoms with Crippen molar-refractivity contribution in [1.29, 1.82) is 0 Å². The zero-order valence-corrected chi connectivity index (χ0v) is 14.8. The average Bonchev–Trinajstić information content (AvgIpc) is 2.57. The number of hydrogen-bond donors (Lipinski definition) is 2. The van der Waals surface area contributed by atoms with Crippen molar-refractivity contribution in [3.8, 4) is 0 Å². The molecular formula is C17H19N3O4S. The largest absolute Gasteiger partial charge is 0.478 e. The molecule has 8 heteroatoms. The molecule has 25 heavy (non-hydrogen) atoms. The lowest BCUT2D eigenvalue weighted by molar-refractivity contribution is -0.128. The molecule has 0 unspecified atom stereocenters. The molecule has 7 nitrogen and oxygen atoms in total. The topological polar surface area (TPSA) is 103 Å². The van der Waals surface area contributed by atoms with Crippen LogP contribution in [0.15, 0.2) is 40.2 Å². The second kappa shape index (κ2) is 8.48. The molecule has 2 aromatic rings. The Bertz CT molecular complexity index is 820. The monoisotopic (exact) mass is 361 g/mol. The number of benzene rings is 1. The van der Waals surface area contributed by atoms with Crippen LogP contribution in [0.3, 0.4) is 0 Å². The summed E-state index contributed by atoms with van der Waals surface area (Å²) < 4.78 is 0. The second-order valence-corrected chi connectivity index (χ2v) is 6.30. The average molecular weight is 361 g/mol. The number of carboxylic acids is 1. The molecule has 0 radical (unpaired) electrons. The Morgan fingerprint density at radius 2 is 1.96 bits per heavy atom. The number of hydrogen-bond acceptors (Lipinski definition) is 5. The highest BCUT2D eigenvalue weighted by Gasteiger charge is 2.19. The minimum atomic E-state index is -1.19. The Labute approximate surface area is 149 Å². The predicted octanol–water partition coefficient (Wildman–Crippen LogP) is 1.92. The number of aromatic amines is 1. The number of aryl methyl sites for hydroxylation is 1. The van der Waals surface area contributed by atoms with Gasteiger partial charge in [-0.05, 0) is 19.4 Å². The van der Waals surface area contributed by atoms with Crippen molar-refractivity contribution in [2.45, 2.75) is 25.4 Å². The van der Waals surface area contributed by atoms with Crippen molar-refractivity contribution in [3.05, 3.63) is 57.6 Å². The van der Waals surface area contributed by atoms with Gasteiger partial charge < -0.3 is 15.0 Å². The van der Waals surface area contributed by atoms with E-state index in [1.165, 1.54) is 6.92 Å². The molecule has 0 saturated carbocycles. The summed E-state index contributed by atoms with van der Waals surface area (Å²) in [5.41, 5.74) is 0.524. The Kier molecular flexibility index (Phi) is 6.35. The molecule has 0 atom stereocenters. The number of aromatic carboxylic acids is 1. The molecule has 1 aromatic carbocycles. The highest BCUT2D eigenvalue weighted by Crippen LogP contribution is 2.21. The molecule has 1 amide bonds. The van der Waals surface area contributed by atoms with E-state index in [4.69, 9.17) is 0 Å².